The fraction of sp³-hybridized carbons (Fsp3) is 0.871. The van der Waals surface area contributed by atoms with E-state index in [1.54, 1.807) is 4.90 Å². The van der Waals surface area contributed by atoms with E-state index < -0.39 is 30.5 Å². The summed E-state index contributed by atoms with van der Waals surface area (Å²) in [4.78, 5) is 32.8. The minimum absolute atomic E-state index is 0.0245. The van der Waals surface area contributed by atoms with Gasteiger partial charge < -0.3 is 25.8 Å². The van der Waals surface area contributed by atoms with Crippen molar-refractivity contribution < 1.29 is 18.4 Å². The van der Waals surface area contributed by atoms with E-state index in [2.05, 4.69) is 53.5 Å². The first-order valence-electron chi connectivity index (χ1n) is 16.6. The van der Waals surface area contributed by atoms with Gasteiger partial charge in [0, 0.05) is 73.2 Å². The molecule has 6 fully saturated rings. The highest BCUT2D eigenvalue weighted by atomic mass is 32.2. The first-order valence-corrected chi connectivity index (χ1v) is 17.6. The molecule has 1 saturated carbocycles. The lowest BCUT2D eigenvalue weighted by Gasteiger charge is -2.59. The molecule has 1 aliphatic carbocycles. The predicted molar refractivity (Wildman–Crippen MR) is 166 cm³/mol. The number of halogens is 2. The van der Waals surface area contributed by atoms with Crippen LogP contribution in [0.1, 0.15) is 52.9 Å². The average Bonchev–Trinajstić information content (AvgIpc) is 3.00. The number of carbonyl (C=O) groups is 2. The largest absolute Gasteiger partial charge is 0.336 e. The highest BCUT2D eigenvalue weighted by Gasteiger charge is 2.57. The van der Waals surface area contributed by atoms with Gasteiger partial charge in [0.15, 0.2) is 0 Å². The molecule has 0 aromatic heterocycles. The molecule has 9 nitrogen and oxygen atoms in total. The van der Waals surface area contributed by atoms with Crippen LogP contribution in [-0.4, -0.2) is 125 Å². The van der Waals surface area contributed by atoms with Gasteiger partial charge >= 0.3 is 6.03 Å². The second-order valence-electron chi connectivity index (χ2n) is 14.0. The molecule has 5 saturated heterocycles. The smallest absolute Gasteiger partial charge is 0.320 e. The summed E-state index contributed by atoms with van der Waals surface area (Å²) < 4.78 is 32.0. The first-order chi connectivity index (χ1) is 20.7. The molecule has 5 aliphatic heterocycles. The number of urea groups is 1. The van der Waals surface area contributed by atoms with Crippen molar-refractivity contribution in [1.82, 2.24) is 36.0 Å². The Hall–Kier alpha value is -1.47. The zero-order valence-corrected chi connectivity index (χ0v) is 26.7. The number of hydrogen-bond donors (Lipinski definition) is 4. The monoisotopic (exact) mass is 623 g/mol. The summed E-state index contributed by atoms with van der Waals surface area (Å²) in [6, 6.07) is -0.610. The van der Waals surface area contributed by atoms with Crippen LogP contribution < -0.4 is 21.3 Å². The molecule has 43 heavy (non-hydrogen) atoms. The number of piperidine rings is 2. The molecule has 0 aromatic carbocycles. The molecule has 0 radical (unpaired) electrons. The Labute approximate surface area is 259 Å². The van der Waals surface area contributed by atoms with Gasteiger partial charge in [0.25, 0.3) is 0 Å². The Kier molecular flexibility index (Phi) is 9.60. The average molecular weight is 624 g/mol. The number of nitrogens with one attached hydrogen (secondary N) is 4. The van der Waals surface area contributed by atoms with Crippen molar-refractivity contribution in [2.75, 3.05) is 38.5 Å². The number of nitrogens with zero attached hydrogens (tertiary/aromatic N) is 3. The number of alkyl halides is 2. The van der Waals surface area contributed by atoms with Gasteiger partial charge in [0.05, 0.1) is 18.4 Å². The summed E-state index contributed by atoms with van der Waals surface area (Å²) in [5, 5.41) is 14.6. The molecule has 0 spiro atoms. The van der Waals surface area contributed by atoms with Crippen molar-refractivity contribution >= 4 is 23.7 Å². The Balaban J connectivity index is 1.37. The van der Waals surface area contributed by atoms with Gasteiger partial charge in [-0.15, -0.1) is 0 Å². The molecule has 12 atom stereocenters. The van der Waals surface area contributed by atoms with Crippen LogP contribution in [0.4, 0.5) is 13.6 Å². The SMILES string of the molecule is C=CC(=O)N1CCN(C2NC(=O)N3C4NC(C(F)CC42)C2CC(CCC2F)NCCSC2CCNC(C(C)C)C23)[C@@H](C)C1. The van der Waals surface area contributed by atoms with Crippen molar-refractivity contribution in [3.63, 3.8) is 0 Å². The van der Waals surface area contributed by atoms with E-state index in [4.69, 9.17) is 0 Å². The summed E-state index contributed by atoms with van der Waals surface area (Å²) in [5.41, 5.74) is 0. The molecular weight excluding hydrogens is 572 g/mol. The molecule has 6 aliphatic rings. The summed E-state index contributed by atoms with van der Waals surface area (Å²) in [6.45, 7) is 13.5. The number of thioether (sulfide) groups is 1. The normalized spacial score (nSPS) is 44.4. The van der Waals surface area contributed by atoms with Gasteiger partial charge in [0.1, 0.15) is 12.3 Å². The van der Waals surface area contributed by atoms with Gasteiger partial charge in [-0.1, -0.05) is 20.4 Å². The number of carbonyl (C=O) groups excluding carboxylic acids is 2. The molecule has 4 N–H and O–H groups in total. The van der Waals surface area contributed by atoms with E-state index in [1.807, 2.05) is 16.7 Å². The number of amides is 3. The molecular formula is C31H51F2N7O2S. The van der Waals surface area contributed by atoms with Crippen LogP contribution in [0.2, 0.25) is 0 Å². The Morgan fingerprint density at radius 3 is 2.60 bits per heavy atom. The topological polar surface area (TPSA) is 92.0 Å². The molecule has 12 heteroatoms. The van der Waals surface area contributed by atoms with Crippen molar-refractivity contribution in [3.8, 4) is 0 Å². The third-order valence-corrected chi connectivity index (χ3v) is 12.5. The first kappa shape index (κ1) is 31.5. The van der Waals surface area contributed by atoms with E-state index in [0.717, 1.165) is 31.7 Å². The van der Waals surface area contributed by atoms with Crippen molar-refractivity contribution in [2.45, 2.75) is 113 Å². The molecule has 4 bridgehead atoms. The Morgan fingerprint density at radius 2 is 1.86 bits per heavy atom. The lowest BCUT2D eigenvalue weighted by molar-refractivity contribution is -0.131. The molecule has 11 unspecified atom stereocenters. The third-order valence-electron chi connectivity index (χ3n) is 11.1. The Morgan fingerprint density at radius 1 is 1.05 bits per heavy atom. The van der Waals surface area contributed by atoms with Gasteiger partial charge in [-0.05, 0) is 57.6 Å². The Bertz CT molecular complexity index is 1040. The zero-order valence-electron chi connectivity index (χ0n) is 25.9. The maximum absolute atomic E-state index is 16.4. The molecule has 242 valence electrons. The number of rotatable bonds is 3. The van der Waals surface area contributed by atoms with Crippen LogP contribution >= 0.6 is 11.8 Å². The summed E-state index contributed by atoms with van der Waals surface area (Å²) in [7, 11) is 0. The van der Waals surface area contributed by atoms with Crippen molar-refractivity contribution in [1.29, 1.82) is 0 Å². The number of fused-ring (bicyclic) bond motifs is 6. The van der Waals surface area contributed by atoms with E-state index in [-0.39, 0.29) is 59.9 Å². The molecule has 6 rings (SSSR count). The van der Waals surface area contributed by atoms with E-state index >= 15 is 8.78 Å². The number of piperazine rings is 1. The second kappa shape index (κ2) is 13.1. The predicted octanol–water partition coefficient (Wildman–Crippen LogP) is 2.30. The third kappa shape index (κ3) is 6.07. The summed E-state index contributed by atoms with van der Waals surface area (Å²) in [5.74, 6) is 0.459. The minimum Gasteiger partial charge on any atom is -0.336 e. The maximum Gasteiger partial charge on any atom is 0.320 e. The highest BCUT2D eigenvalue weighted by Crippen LogP contribution is 2.42. The van der Waals surface area contributed by atoms with Crippen LogP contribution in [0.5, 0.6) is 0 Å². The molecule has 0 aromatic rings. The highest BCUT2D eigenvalue weighted by molar-refractivity contribution is 8.00. The summed E-state index contributed by atoms with van der Waals surface area (Å²) >= 11 is 1.94. The van der Waals surface area contributed by atoms with Gasteiger partial charge in [0.2, 0.25) is 5.91 Å². The standard InChI is InChI=1S/C31H51F2N7O2S/c1-5-25(41)38-11-12-39(18(4)16-38)29-21-15-23(33)27-20-14-19(6-7-22(20)32)34-10-13-43-24-8-9-35-26(17(2)3)28(24)40(30(21)36-27)31(42)37-29/h5,17-24,26-30,34-36H,1,6-16H2,2-4H3,(H,37,42)/t18-,19?,20?,21?,22?,23?,24?,26?,27?,28?,29?,30?/m0/s1. The van der Waals surface area contributed by atoms with Crippen LogP contribution in [0.3, 0.4) is 0 Å². The van der Waals surface area contributed by atoms with Gasteiger partial charge in [-0.3, -0.25) is 15.0 Å². The van der Waals surface area contributed by atoms with E-state index in [0.29, 0.717) is 38.4 Å². The van der Waals surface area contributed by atoms with Crippen LogP contribution in [-0.2, 0) is 4.79 Å². The zero-order chi connectivity index (χ0) is 30.4. The van der Waals surface area contributed by atoms with E-state index in [9.17, 15) is 9.59 Å². The lowest BCUT2D eigenvalue weighted by atomic mass is 9.73. The fourth-order valence-corrected chi connectivity index (χ4v) is 10.3. The second-order valence-corrected chi connectivity index (χ2v) is 15.3. The van der Waals surface area contributed by atoms with Crippen molar-refractivity contribution in [3.05, 3.63) is 12.7 Å². The van der Waals surface area contributed by atoms with Crippen LogP contribution in [0, 0.1) is 17.8 Å². The van der Waals surface area contributed by atoms with Crippen LogP contribution in [0.15, 0.2) is 12.7 Å². The number of hydrogen-bond acceptors (Lipinski definition) is 7. The van der Waals surface area contributed by atoms with Crippen LogP contribution in [0.25, 0.3) is 0 Å². The molecule has 5 heterocycles. The molecule has 3 amide bonds. The lowest BCUT2D eigenvalue weighted by Crippen LogP contribution is -2.80. The maximum atomic E-state index is 16.4. The van der Waals surface area contributed by atoms with E-state index in [1.165, 1.54) is 6.08 Å². The van der Waals surface area contributed by atoms with Crippen molar-refractivity contribution in [2.24, 2.45) is 17.8 Å². The van der Waals surface area contributed by atoms with Gasteiger partial charge in [-0.25, -0.2) is 13.6 Å². The minimum atomic E-state index is -1.22. The summed E-state index contributed by atoms with van der Waals surface area (Å²) in [6.07, 6.45) is 1.31. The fourth-order valence-electron chi connectivity index (χ4n) is 9.02. The quantitative estimate of drug-likeness (QED) is 0.359. The van der Waals surface area contributed by atoms with Gasteiger partial charge in [-0.2, -0.15) is 11.8 Å².